The summed E-state index contributed by atoms with van der Waals surface area (Å²) in [4.78, 5) is 0. The van der Waals surface area contributed by atoms with Crippen LogP contribution >= 0.6 is 22.6 Å². The van der Waals surface area contributed by atoms with E-state index in [2.05, 4.69) is 57.3 Å². The zero-order valence-electron chi connectivity index (χ0n) is 11.0. The Kier molecular flexibility index (Phi) is 4.64. The number of nitrogens with zero attached hydrogens (tertiary/aromatic N) is 3. The van der Waals surface area contributed by atoms with Crippen molar-refractivity contribution in [3.05, 3.63) is 39.4 Å². The molecule has 4 nitrogen and oxygen atoms in total. The Labute approximate surface area is 127 Å². The molecule has 0 atom stereocenters. The minimum Gasteiger partial charge on any atom is -0.375 e. The average Bonchev–Trinajstić information content (AvgIpc) is 2.68. The van der Waals surface area contributed by atoms with Gasteiger partial charge in [-0.05, 0) is 54.9 Å². The van der Waals surface area contributed by atoms with Crippen LogP contribution in [0, 0.1) is 18.3 Å². The van der Waals surface area contributed by atoms with E-state index in [-0.39, 0.29) is 0 Å². The number of nitriles is 1. The van der Waals surface area contributed by atoms with Gasteiger partial charge in [0, 0.05) is 17.8 Å². The highest BCUT2D eigenvalue weighted by atomic mass is 127. The van der Waals surface area contributed by atoms with Gasteiger partial charge in [0.25, 0.3) is 0 Å². The van der Waals surface area contributed by atoms with Gasteiger partial charge in [-0.15, -0.1) is 0 Å². The van der Waals surface area contributed by atoms with Gasteiger partial charge in [0.2, 0.25) is 0 Å². The number of hydrogen-bond acceptors (Lipinski definition) is 3. The number of nitrogens with one attached hydrogen (secondary N) is 1. The number of rotatable bonds is 5. The molecule has 5 heteroatoms. The number of halogens is 1. The van der Waals surface area contributed by atoms with Gasteiger partial charge in [0.1, 0.15) is 6.07 Å². The SMILES string of the molecule is C=C/C(C#N)=C(/I)NCc1cnn(C2CCC2)c1C. The fourth-order valence-corrected chi connectivity index (χ4v) is 2.62. The molecule has 0 unspecified atom stereocenters. The van der Waals surface area contributed by atoms with Crippen molar-refractivity contribution >= 4 is 22.6 Å². The lowest BCUT2D eigenvalue weighted by Gasteiger charge is -2.27. The highest BCUT2D eigenvalue weighted by Crippen LogP contribution is 2.32. The summed E-state index contributed by atoms with van der Waals surface area (Å²) in [5.74, 6) is 0. The maximum Gasteiger partial charge on any atom is 0.102 e. The van der Waals surface area contributed by atoms with Crippen molar-refractivity contribution < 1.29 is 0 Å². The Morgan fingerprint density at radius 3 is 3.00 bits per heavy atom. The first kappa shape index (κ1) is 14.1. The molecule has 1 N–H and O–H groups in total. The summed E-state index contributed by atoms with van der Waals surface area (Å²) in [6.07, 6.45) is 7.27. The molecule has 0 saturated heterocycles. The first-order chi connectivity index (χ1) is 9.17. The predicted octanol–water partition coefficient (Wildman–Crippen LogP) is 3.36. The summed E-state index contributed by atoms with van der Waals surface area (Å²) in [5.41, 5.74) is 2.98. The van der Waals surface area contributed by atoms with Gasteiger partial charge in [0.05, 0.1) is 21.5 Å². The first-order valence-electron chi connectivity index (χ1n) is 6.36. The van der Waals surface area contributed by atoms with Crippen LogP contribution in [0.15, 0.2) is 28.1 Å². The molecular formula is C14H17IN4. The van der Waals surface area contributed by atoms with Crippen molar-refractivity contribution in [2.24, 2.45) is 0 Å². The van der Waals surface area contributed by atoms with Crippen molar-refractivity contribution in [3.8, 4) is 6.07 Å². The molecule has 1 aliphatic rings. The smallest absolute Gasteiger partial charge is 0.102 e. The van der Waals surface area contributed by atoms with E-state index in [1.165, 1.54) is 30.5 Å². The Bertz CT molecular complexity index is 546. The van der Waals surface area contributed by atoms with Crippen LogP contribution in [-0.4, -0.2) is 9.78 Å². The number of aromatic nitrogens is 2. The minimum absolute atomic E-state index is 0.574. The van der Waals surface area contributed by atoms with E-state index in [1.807, 2.05) is 6.20 Å². The normalized spacial score (nSPS) is 16.3. The molecule has 0 bridgehead atoms. The van der Waals surface area contributed by atoms with Gasteiger partial charge in [0.15, 0.2) is 0 Å². The van der Waals surface area contributed by atoms with Crippen molar-refractivity contribution in [3.63, 3.8) is 0 Å². The summed E-state index contributed by atoms with van der Waals surface area (Å²) >= 11 is 2.13. The number of allylic oxidation sites excluding steroid dienone is 2. The second-order valence-corrected chi connectivity index (χ2v) is 5.76. The zero-order valence-corrected chi connectivity index (χ0v) is 13.1. The fraction of sp³-hybridized carbons (Fsp3) is 0.429. The van der Waals surface area contributed by atoms with Crippen LogP contribution in [0.4, 0.5) is 0 Å². The maximum atomic E-state index is 8.92. The molecule has 1 fully saturated rings. The third-order valence-corrected chi connectivity index (χ3v) is 4.52. The van der Waals surface area contributed by atoms with Crippen LogP contribution in [0.25, 0.3) is 0 Å². The Hall–Kier alpha value is -1.29. The van der Waals surface area contributed by atoms with E-state index in [4.69, 9.17) is 5.26 Å². The lowest BCUT2D eigenvalue weighted by Crippen LogP contribution is -2.19. The van der Waals surface area contributed by atoms with Crippen LogP contribution in [0.1, 0.15) is 36.6 Å². The second kappa shape index (κ2) is 6.24. The van der Waals surface area contributed by atoms with Gasteiger partial charge in [-0.3, -0.25) is 4.68 Å². The zero-order chi connectivity index (χ0) is 13.8. The quantitative estimate of drug-likeness (QED) is 0.375. The molecule has 19 heavy (non-hydrogen) atoms. The third kappa shape index (κ3) is 3.00. The summed E-state index contributed by atoms with van der Waals surface area (Å²) in [7, 11) is 0. The van der Waals surface area contributed by atoms with E-state index < -0.39 is 0 Å². The van der Waals surface area contributed by atoms with Crippen LogP contribution in [0.3, 0.4) is 0 Å². The van der Waals surface area contributed by atoms with Crippen molar-refractivity contribution in [2.75, 3.05) is 0 Å². The Morgan fingerprint density at radius 2 is 2.47 bits per heavy atom. The van der Waals surface area contributed by atoms with E-state index in [0.29, 0.717) is 18.2 Å². The van der Waals surface area contributed by atoms with E-state index in [9.17, 15) is 0 Å². The van der Waals surface area contributed by atoms with Gasteiger partial charge >= 0.3 is 0 Å². The van der Waals surface area contributed by atoms with Gasteiger partial charge in [-0.2, -0.15) is 10.4 Å². The van der Waals surface area contributed by atoms with Crippen molar-refractivity contribution in [1.82, 2.24) is 15.1 Å². The molecule has 0 radical (unpaired) electrons. The molecule has 2 rings (SSSR count). The Balaban J connectivity index is 2.04. The first-order valence-corrected chi connectivity index (χ1v) is 7.44. The molecule has 0 amide bonds. The maximum absolute atomic E-state index is 8.92. The third-order valence-electron chi connectivity index (χ3n) is 3.56. The molecule has 0 spiro atoms. The second-order valence-electron chi connectivity index (χ2n) is 4.68. The molecule has 0 aromatic carbocycles. The van der Waals surface area contributed by atoms with Crippen molar-refractivity contribution in [1.29, 1.82) is 5.26 Å². The monoisotopic (exact) mass is 368 g/mol. The fourth-order valence-electron chi connectivity index (χ4n) is 2.08. The largest absolute Gasteiger partial charge is 0.375 e. The molecule has 1 aromatic rings. The topological polar surface area (TPSA) is 53.6 Å². The Morgan fingerprint density at radius 1 is 1.74 bits per heavy atom. The molecule has 1 aliphatic carbocycles. The van der Waals surface area contributed by atoms with Gasteiger partial charge < -0.3 is 5.32 Å². The number of hydrogen-bond donors (Lipinski definition) is 1. The highest BCUT2D eigenvalue weighted by molar-refractivity contribution is 14.1. The minimum atomic E-state index is 0.574. The van der Waals surface area contributed by atoms with Crippen LogP contribution in [0.5, 0.6) is 0 Å². The summed E-state index contributed by atoms with van der Waals surface area (Å²) < 4.78 is 2.96. The molecule has 1 aromatic heterocycles. The van der Waals surface area contributed by atoms with Gasteiger partial charge in [-0.25, -0.2) is 0 Å². The van der Waals surface area contributed by atoms with Gasteiger partial charge in [-0.1, -0.05) is 6.58 Å². The lowest BCUT2D eigenvalue weighted by atomic mass is 9.93. The van der Waals surface area contributed by atoms with Crippen LogP contribution in [0.2, 0.25) is 0 Å². The summed E-state index contributed by atoms with van der Waals surface area (Å²) in [6, 6.07) is 2.70. The molecular weight excluding hydrogens is 351 g/mol. The molecule has 0 aliphatic heterocycles. The summed E-state index contributed by atoms with van der Waals surface area (Å²) in [5, 5.41) is 16.6. The highest BCUT2D eigenvalue weighted by Gasteiger charge is 2.22. The standard InChI is InChI=1S/C14H17IN4/c1-3-11(7-16)14(15)17-8-12-9-18-19(10(12)2)13-5-4-6-13/h3,9,13,17H,1,4-6,8H2,2H3/b14-11+. The lowest BCUT2D eigenvalue weighted by molar-refractivity contribution is 0.284. The predicted molar refractivity (Wildman–Crippen MR) is 83.5 cm³/mol. The molecule has 100 valence electrons. The summed E-state index contributed by atoms with van der Waals surface area (Å²) in [6.45, 7) is 6.43. The van der Waals surface area contributed by atoms with E-state index >= 15 is 0 Å². The molecule has 1 heterocycles. The van der Waals surface area contributed by atoms with Crippen molar-refractivity contribution in [2.45, 2.75) is 38.8 Å². The average molecular weight is 368 g/mol. The van der Waals surface area contributed by atoms with Crippen LogP contribution < -0.4 is 5.32 Å². The van der Waals surface area contributed by atoms with E-state index in [0.717, 1.165) is 3.70 Å². The van der Waals surface area contributed by atoms with E-state index in [1.54, 1.807) is 6.08 Å². The molecule has 1 saturated carbocycles. The van der Waals surface area contributed by atoms with Crippen LogP contribution in [-0.2, 0) is 6.54 Å².